The van der Waals surface area contributed by atoms with Crippen molar-refractivity contribution in [3.8, 4) is 0 Å². The molecule has 8 nitrogen and oxygen atoms in total. The van der Waals surface area contributed by atoms with E-state index >= 15 is 0 Å². The van der Waals surface area contributed by atoms with Gasteiger partial charge in [-0.25, -0.2) is 4.79 Å². The van der Waals surface area contributed by atoms with E-state index in [2.05, 4.69) is 11.6 Å². The molecule has 0 radical (unpaired) electrons. The molecule has 0 aromatic carbocycles. The van der Waals surface area contributed by atoms with Crippen LogP contribution in [0.4, 0.5) is 0 Å². The maximum absolute atomic E-state index is 11.8. The molecular weight excluding hydrogens is 268 g/mol. The molecule has 1 aliphatic heterocycles. The first-order valence-corrected chi connectivity index (χ1v) is 6.07. The maximum Gasteiger partial charge on any atom is 0.330 e. The molecule has 0 spiro atoms. The second-order valence-electron chi connectivity index (χ2n) is 4.34. The Morgan fingerprint density at radius 2 is 2.30 bits per heavy atom. The highest BCUT2D eigenvalue weighted by Crippen LogP contribution is 2.30. The Balaban J connectivity index is 2.33. The minimum atomic E-state index is -1.09. The molecule has 1 aliphatic rings. The summed E-state index contributed by atoms with van der Waals surface area (Å²) in [4.78, 5) is 24.9. The predicted octanol–water partition coefficient (Wildman–Crippen LogP) is -1.64. The zero-order valence-electron chi connectivity index (χ0n) is 10.6. The smallest absolute Gasteiger partial charge is 0.330 e. The van der Waals surface area contributed by atoms with Crippen molar-refractivity contribution in [3.05, 3.63) is 45.8 Å². The number of rotatable bonds is 5. The minimum absolute atomic E-state index is 0.151. The zero-order chi connectivity index (χ0) is 14.7. The number of hydrogen-bond donors (Lipinski definition) is 3. The summed E-state index contributed by atoms with van der Waals surface area (Å²) >= 11 is 0. The number of aromatic amines is 1. The monoisotopic (exact) mass is 284 g/mol. The van der Waals surface area contributed by atoms with Gasteiger partial charge in [-0.3, -0.25) is 14.3 Å². The third kappa shape index (κ3) is 2.73. The van der Waals surface area contributed by atoms with Crippen molar-refractivity contribution < 1.29 is 19.7 Å². The van der Waals surface area contributed by atoms with Gasteiger partial charge in [0.2, 0.25) is 0 Å². The Morgan fingerprint density at radius 1 is 1.55 bits per heavy atom. The highest BCUT2D eigenvalue weighted by atomic mass is 16.6. The molecule has 8 heteroatoms. The highest BCUT2D eigenvalue weighted by Gasteiger charge is 2.45. The standard InChI is InChI=1S/C12H16N2O6/c1-2-5-19-10-9(17)7(6-15)20-11(10)14-4-3-8(16)13-12(14)18/h2-4,7,9-11,15,17H,1,5-6H2,(H,13,16,18)/t7-,9-,10-,11-/m1/s1. The maximum atomic E-state index is 11.8. The fourth-order valence-electron chi connectivity index (χ4n) is 2.08. The van der Waals surface area contributed by atoms with Crippen molar-refractivity contribution in [2.45, 2.75) is 24.5 Å². The quantitative estimate of drug-likeness (QED) is 0.559. The van der Waals surface area contributed by atoms with E-state index in [1.165, 1.54) is 12.3 Å². The van der Waals surface area contributed by atoms with E-state index < -0.39 is 42.4 Å². The normalized spacial score (nSPS) is 29.5. The first-order valence-electron chi connectivity index (χ1n) is 6.07. The molecule has 0 bridgehead atoms. The number of nitrogens with zero attached hydrogens (tertiary/aromatic N) is 1. The second kappa shape index (κ2) is 6.14. The molecule has 0 unspecified atom stereocenters. The lowest BCUT2D eigenvalue weighted by Crippen LogP contribution is -2.39. The van der Waals surface area contributed by atoms with E-state index in [9.17, 15) is 14.7 Å². The number of nitrogens with one attached hydrogen (secondary N) is 1. The van der Waals surface area contributed by atoms with Gasteiger partial charge < -0.3 is 19.7 Å². The van der Waals surface area contributed by atoms with Gasteiger partial charge in [-0.15, -0.1) is 6.58 Å². The van der Waals surface area contributed by atoms with Crippen molar-refractivity contribution in [2.75, 3.05) is 13.2 Å². The predicted molar refractivity (Wildman–Crippen MR) is 68.3 cm³/mol. The summed E-state index contributed by atoms with van der Waals surface area (Å²) in [5, 5.41) is 19.2. The van der Waals surface area contributed by atoms with Crippen LogP contribution >= 0.6 is 0 Å². The Morgan fingerprint density at radius 3 is 2.90 bits per heavy atom. The van der Waals surface area contributed by atoms with E-state index in [0.717, 1.165) is 10.6 Å². The van der Waals surface area contributed by atoms with E-state index in [1.807, 2.05) is 0 Å². The molecule has 0 amide bonds. The van der Waals surface area contributed by atoms with Crippen molar-refractivity contribution in [1.82, 2.24) is 9.55 Å². The summed E-state index contributed by atoms with van der Waals surface area (Å²) in [5.74, 6) is 0. The lowest BCUT2D eigenvalue weighted by molar-refractivity contribution is -0.0686. The largest absolute Gasteiger partial charge is 0.394 e. The number of aliphatic hydroxyl groups excluding tert-OH is 2. The number of aliphatic hydroxyl groups is 2. The molecule has 20 heavy (non-hydrogen) atoms. The van der Waals surface area contributed by atoms with Crippen molar-refractivity contribution in [1.29, 1.82) is 0 Å². The minimum Gasteiger partial charge on any atom is -0.394 e. The molecule has 4 atom stereocenters. The summed E-state index contributed by atoms with van der Waals surface area (Å²) < 4.78 is 11.9. The third-order valence-electron chi connectivity index (χ3n) is 3.02. The number of aromatic nitrogens is 2. The molecule has 1 fully saturated rings. The van der Waals surface area contributed by atoms with Gasteiger partial charge >= 0.3 is 5.69 Å². The molecule has 0 saturated carbocycles. The number of hydrogen-bond acceptors (Lipinski definition) is 6. The summed E-state index contributed by atoms with van der Waals surface area (Å²) in [6.07, 6.45) is -1.01. The Kier molecular flexibility index (Phi) is 4.50. The molecule has 0 aliphatic carbocycles. The fourth-order valence-corrected chi connectivity index (χ4v) is 2.08. The van der Waals surface area contributed by atoms with Crippen molar-refractivity contribution in [3.63, 3.8) is 0 Å². The Labute approximate surface area is 113 Å². The number of ether oxygens (including phenoxy) is 2. The van der Waals surface area contributed by atoms with Crippen LogP contribution in [0.2, 0.25) is 0 Å². The Bertz CT molecular complexity index is 580. The third-order valence-corrected chi connectivity index (χ3v) is 3.02. The van der Waals surface area contributed by atoms with Crippen molar-refractivity contribution >= 4 is 0 Å². The summed E-state index contributed by atoms with van der Waals surface area (Å²) in [6, 6.07) is 1.16. The summed E-state index contributed by atoms with van der Waals surface area (Å²) in [6.45, 7) is 3.24. The SMILES string of the molecule is C=CCO[C@@H]1[C@H](O)[C@@H](CO)O[C@H]1n1ccc(=O)[nH]c1=O. The van der Waals surface area contributed by atoms with Crippen LogP contribution in [0.25, 0.3) is 0 Å². The van der Waals surface area contributed by atoms with E-state index in [4.69, 9.17) is 14.6 Å². The average molecular weight is 284 g/mol. The first-order chi connectivity index (χ1) is 9.58. The lowest BCUT2D eigenvalue weighted by atomic mass is 10.1. The Hall–Kier alpha value is -1.74. The van der Waals surface area contributed by atoms with Gasteiger partial charge in [-0.2, -0.15) is 0 Å². The van der Waals surface area contributed by atoms with Crippen LogP contribution in [0.5, 0.6) is 0 Å². The second-order valence-corrected chi connectivity index (χ2v) is 4.34. The highest BCUT2D eigenvalue weighted by molar-refractivity contribution is 4.94. The summed E-state index contributed by atoms with van der Waals surface area (Å²) in [7, 11) is 0. The van der Waals surface area contributed by atoms with Gasteiger partial charge in [-0.1, -0.05) is 6.08 Å². The molecule has 1 saturated heterocycles. The van der Waals surface area contributed by atoms with E-state index in [0.29, 0.717) is 0 Å². The van der Waals surface area contributed by atoms with Crippen LogP contribution in [0.1, 0.15) is 6.23 Å². The fraction of sp³-hybridized carbons (Fsp3) is 0.500. The molecule has 1 aromatic heterocycles. The molecule has 2 heterocycles. The lowest BCUT2D eigenvalue weighted by Gasteiger charge is -2.21. The van der Waals surface area contributed by atoms with E-state index in [-0.39, 0.29) is 6.61 Å². The van der Waals surface area contributed by atoms with Gasteiger partial charge in [0.1, 0.15) is 18.3 Å². The van der Waals surface area contributed by atoms with Gasteiger partial charge in [0.15, 0.2) is 6.23 Å². The number of H-pyrrole nitrogens is 1. The summed E-state index contributed by atoms with van der Waals surface area (Å²) in [5.41, 5.74) is -1.22. The van der Waals surface area contributed by atoms with Crippen LogP contribution in [0.3, 0.4) is 0 Å². The van der Waals surface area contributed by atoms with E-state index in [1.54, 1.807) is 0 Å². The first kappa shape index (κ1) is 14.7. The van der Waals surface area contributed by atoms with Crippen molar-refractivity contribution in [2.24, 2.45) is 0 Å². The molecule has 1 aromatic rings. The molecule has 3 N–H and O–H groups in total. The zero-order valence-corrected chi connectivity index (χ0v) is 10.6. The van der Waals surface area contributed by atoms with Crippen LogP contribution < -0.4 is 11.2 Å². The van der Waals surface area contributed by atoms with Crippen LogP contribution in [0.15, 0.2) is 34.5 Å². The molecule has 110 valence electrons. The van der Waals surface area contributed by atoms with Crippen LogP contribution in [-0.4, -0.2) is 51.3 Å². The van der Waals surface area contributed by atoms with Gasteiger partial charge in [0, 0.05) is 12.3 Å². The van der Waals surface area contributed by atoms with Gasteiger partial charge in [-0.05, 0) is 0 Å². The molecular formula is C12H16N2O6. The van der Waals surface area contributed by atoms with Crippen LogP contribution in [-0.2, 0) is 9.47 Å². The molecule has 2 rings (SSSR count). The average Bonchev–Trinajstić information content (AvgIpc) is 2.73. The van der Waals surface area contributed by atoms with Gasteiger partial charge in [0.25, 0.3) is 5.56 Å². The topological polar surface area (TPSA) is 114 Å². The van der Waals surface area contributed by atoms with Gasteiger partial charge in [0.05, 0.1) is 13.2 Å². The van der Waals surface area contributed by atoms with Crippen LogP contribution in [0, 0.1) is 0 Å².